The number of nitrogens with zero attached hydrogens (tertiary/aromatic N) is 1. The van der Waals surface area contributed by atoms with E-state index >= 15 is 0 Å². The van der Waals surface area contributed by atoms with Gasteiger partial charge in [-0.05, 0) is 37.5 Å². The van der Waals surface area contributed by atoms with Crippen molar-refractivity contribution >= 4 is 5.96 Å². The molecule has 24 heavy (non-hydrogen) atoms. The average Bonchev–Trinajstić information content (AvgIpc) is 3.12. The molecule has 0 aliphatic heterocycles. The summed E-state index contributed by atoms with van der Waals surface area (Å²) in [5, 5.41) is 17.0. The van der Waals surface area contributed by atoms with Gasteiger partial charge in [-0.25, -0.2) is 0 Å². The maximum absolute atomic E-state index is 10.4. The standard InChI is InChI=1S/C18H27N3O3/c1-4-19-18(21-14-7-5-6-8-14)20-12-15(22)13-9-10-16(23-2)17(11-13)24-3/h5-6,9-11,14-15,22H,4,7-8,12H2,1-3H3,(H2,19,20,21). The molecule has 1 unspecified atom stereocenters. The molecule has 2 rings (SSSR count). The smallest absolute Gasteiger partial charge is 0.191 e. The number of ether oxygens (including phenoxy) is 2. The van der Waals surface area contributed by atoms with Gasteiger partial charge in [-0.1, -0.05) is 18.2 Å². The summed E-state index contributed by atoms with van der Waals surface area (Å²) in [6.07, 6.45) is 5.63. The molecule has 0 spiro atoms. The topological polar surface area (TPSA) is 75.1 Å². The van der Waals surface area contributed by atoms with Crippen LogP contribution in [0.1, 0.15) is 31.4 Å². The van der Waals surface area contributed by atoms with Crippen LogP contribution in [0.3, 0.4) is 0 Å². The molecule has 0 saturated carbocycles. The van der Waals surface area contributed by atoms with Crippen LogP contribution in [-0.4, -0.2) is 44.4 Å². The zero-order valence-corrected chi connectivity index (χ0v) is 14.6. The highest BCUT2D eigenvalue weighted by Crippen LogP contribution is 2.30. The fourth-order valence-electron chi connectivity index (χ4n) is 2.59. The molecule has 0 fully saturated rings. The van der Waals surface area contributed by atoms with Gasteiger partial charge in [0.15, 0.2) is 17.5 Å². The van der Waals surface area contributed by atoms with E-state index in [1.807, 2.05) is 13.0 Å². The number of hydrogen-bond acceptors (Lipinski definition) is 4. The maximum atomic E-state index is 10.4. The van der Waals surface area contributed by atoms with Gasteiger partial charge in [0.2, 0.25) is 0 Å². The lowest BCUT2D eigenvalue weighted by atomic mass is 10.1. The summed E-state index contributed by atoms with van der Waals surface area (Å²) in [6, 6.07) is 5.76. The van der Waals surface area contributed by atoms with Gasteiger partial charge in [-0.15, -0.1) is 0 Å². The molecule has 1 atom stereocenters. The summed E-state index contributed by atoms with van der Waals surface area (Å²) in [5.74, 6) is 1.96. The highest BCUT2D eigenvalue weighted by Gasteiger charge is 2.14. The van der Waals surface area contributed by atoms with E-state index in [4.69, 9.17) is 9.47 Å². The van der Waals surface area contributed by atoms with Crippen LogP contribution >= 0.6 is 0 Å². The van der Waals surface area contributed by atoms with Crippen molar-refractivity contribution in [1.82, 2.24) is 10.6 Å². The number of aliphatic hydroxyl groups excluding tert-OH is 1. The van der Waals surface area contributed by atoms with E-state index in [1.54, 1.807) is 26.4 Å². The Morgan fingerprint density at radius 1 is 1.25 bits per heavy atom. The lowest BCUT2D eigenvalue weighted by Gasteiger charge is -2.18. The highest BCUT2D eigenvalue weighted by atomic mass is 16.5. The molecule has 1 aliphatic rings. The molecular formula is C18H27N3O3. The molecule has 0 bridgehead atoms. The molecule has 0 amide bonds. The van der Waals surface area contributed by atoms with E-state index in [2.05, 4.69) is 27.8 Å². The Kier molecular flexibility index (Phi) is 6.93. The van der Waals surface area contributed by atoms with E-state index in [0.29, 0.717) is 17.5 Å². The zero-order valence-electron chi connectivity index (χ0n) is 14.6. The number of aliphatic imine (C=N–C) groups is 1. The fraction of sp³-hybridized carbons (Fsp3) is 0.500. The summed E-state index contributed by atoms with van der Waals surface area (Å²) < 4.78 is 10.5. The zero-order chi connectivity index (χ0) is 17.4. The first-order valence-electron chi connectivity index (χ1n) is 8.27. The number of hydrogen-bond donors (Lipinski definition) is 3. The first kappa shape index (κ1) is 18.1. The second-order valence-corrected chi connectivity index (χ2v) is 5.63. The highest BCUT2D eigenvalue weighted by molar-refractivity contribution is 5.80. The summed E-state index contributed by atoms with van der Waals surface area (Å²) in [5.41, 5.74) is 0.745. The molecule has 3 N–H and O–H groups in total. The van der Waals surface area contributed by atoms with Crippen LogP contribution in [0, 0.1) is 0 Å². The van der Waals surface area contributed by atoms with Crippen LogP contribution in [0.4, 0.5) is 0 Å². The third-order valence-corrected chi connectivity index (χ3v) is 3.91. The van der Waals surface area contributed by atoms with E-state index in [0.717, 1.165) is 30.9 Å². The van der Waals surface area contributed by atoms with Crippen LogP contribution in [0.25, 0.3) is 0 Å². The fourth-order valence-corrected chi connectivity index (χ4v) is 2.59. The Morgan fingerprint density at radius 3 is 2.58 bits per heavy atom. The van der Waals surface area contributed by atoms with Crippen LogP contribution in [0.15, 0.2) is 35.3 Å². The minimum Gasteiger partial charge on any atom is -0.493 e. The minimum atomic E-state index is -0.707. The Labute approximate surface area is 143 Å². The Hall–Kier alpha value is -2.21. The molecule has 6 heteroatoms. The van der Waals surface area contributed by atoms with Gasteiger partial charge in [0, 0.05) is 12.6 Å². The third kappa shape index (κ3) is 4.89. The largest absolute Gasteiger partial charge is 0.493 e. The summed E-state index contributed by atoms with van der Waals surface area (Å²) in [6.45, 7) is 3.07. The van der Waals surface area contributed by atoms with E-state index < -0.39 is 6.10 Å². The SMILES string of the molecule is CCNC(=NCC(O)c1ccc(OC)c(OC)c1)NC1CC=CC1. The molecule has 1 aliphatic carbocycles. The minimum absolute atomic E-state index is 0.269. The molecule has 132 valence electrons. The lowest BCUT2D eigenvalue weighted by molar-refractivity contribution is 0.186. The van der Waals surface area contributed by atoms with E-state index in [-0.39, 0.29) is 6.54 Å². The second-order valence-electron chi connectivity index (χ2n) is 5.63. The number of aliphatic hydroxyl groups is 1. The van der Waals surface area contributed by atoms with Crippen molar-refractivity contribution in [1.29, 1.82) is 0 Å². The van der Waals surface area contributed by atoms with Crippen molar-refractivity contribution in [3.05, 3.63) is 35.9 Å². The molecule has 0 saturated heterocycles. The predicted molar refractivity (Wildman–Crippen MR) is 95.8 cm³/mol. The molecular weight excluding hydrogens is 306 g/mol. The number of guanidine groups is 1. The normalized spacial score (nSPS) is 16.1. The predicted octanol–water partition coefficient (Wildman–Crippen LogP) is 2.01. The molecule has 0 radical (unpaired) electrons. The summed E-state index contributed by atoms with van der Waals surface area (Å²) >= 11 is 0. The lowest BCUT2D eigenvalue weighted by Crippen LogP contribution is -2.42. The average molecular weight is 333 g/mol. The van der Waals surface area contributed by atoms with E-state index in [9.17, 15) is 5.11 Å². The quantitative estimate of drug-likeness (QED) is 0.404. The molecule has 0 aromatic heterocycles. The Balaban J connectivity index is 2.01. The van der Waals surface area contributed by atoms with Gasteiger partial charge in [-0.2, -0.15) is 0 Å². The Bertz CT molecular complexity index is 579. The van der Waals surface area contributed by atoms with Crippen LogP contribution in [0.2, 0.25) is 0 Å². The number of benzene rings is 1. The summed E-state index contributed by atoms with van der Waals surface area (Å²) in [7, 11) is 3.17. The number of methoxy groups -OCH3 is 2. The summed E-state index contributed by atoms with van der Waals surface area (Å²) in [4.78, 5) is 4.50. The first-order chi connectivity index (χ1) is 11.7. The van der Waals surface area contributed by atoms with Gasteiger partial charge >= 0.3 is 0 Å². The monoisotopic (exact) mass is 333 g/mol. The molecule has 1 aromatic carbocycles. The Morgan fingerprint density at radius 2 is 1.96 bits per heavy atom. The third-order valence-electron chi connectivity index (χ3n) is 3.91. The van der Waals surface area contributed by atoms with Gasteiger partial charge in [0.25, 0.3) is 0 Å². The van der Waals surface area contributed by atoms with Crippen molar-refractivity contribution in [3.8, 4) is 11.5 Å². The van der Waals surface area contributed by atoms with Gasteiger partial charge in [0.05, 0.1) is 26.9 Å². The van der Waals surface area contributed by atoms with Crippen molar-refractivity contribution in [2.24, 2.45) is 4.99 Å². The molecule has 6 nitrogen and oxygen atoms in total. The van der Waals surface area contributed by atoms with E-state index in [1.165, 1.54) is 0 Å². The van der Waals surface area contributed by atoms with Crippen molar-refractivity contribution < 1.29 is 14.6 Å². The number of rotatable bonds is 7. The van der Waals surface area contributed by atoms with Crippen LogP contribution in [-0.2, 0) is 0 Å². The maximum Gasteiger partial charge on any atom is 0.191 e. The van der Waals surface area contributed by atoms with Crippen LogP contribution in [0.5, 0.6) is 11.5 Å². The van der Waals surface area contributed by atoms with Crippen LogP contribution < -0.4 is 20.1 Å². The molecule has 0 heterocycles. The molecule has 1 aromatic rings. The van der Waals surface area contributed by atoms with Gasteiger partial charge in [0.1, 0.15) is 0 Å². The van der Waals surface area contributed by atoms with Gasteiger partial charge in [-0.3, -0.25) is 4.99 Å². The van der Waals surface area contributed by atoms with Gasteiger partial charge < -0.3 is 25.2 Å². The number of nitrogens with one attached hydrogen (secondary N) is 2. The first-order valence-corrected chi connectivity index (χ1v) is 8.27. The van der Waals surface area contributed by atoms with Crippen molar-refractivity contribution in [3.63, 3.8) is 0 Å². The second kappa shape index (κ2) is 9.17. The van der Waals surface area contributed by atoms with Crippen molar-refractivity contribution in [2.45, 2.75) is 31.9 Å². The van der Waals surface area contributed by atoms with Crippen molar-refractivity contribution in [2.75, 3.05) is 27.3 Å².